The largest absolute Gasteiger partial charge is 0.366 e. The van der Waals surface area contributed by atoms with Crippen molar-refractivity contribution in [3.63, 3.8) is 0 Å². The van der Waals surface area contributed by atoms with Gasteiger partial charge in [0.25, 0.3) is 5.69 Å². The lowest BCUT2D eigenvalue weighted by Crippen LogP contribution is -2.34. The van der Waals surface area contributed by atoms with Crippen LogP contribution in [0.3, 0.4) is 0 Å². The van der Waals surface area contributed by atoms with Gasteiger partial charge in [0.15, 0.2) is 0 Å². The monoisotopic (exact) mass is 400 g/mol. The number of nitro groups is 1. The summed E-state index contributed by atoms with van der Waals surface area (Å²) in [6.07, 6.45) is 2.08. The fraction of sp³-hybridized carbons (Fsp3) is 0.500. The highest BCUT2D eigenvalue weighted by molar-refractivity contribution is 8.00. The van der Waals surface area contributed by atoms with Crippen LogP contribution in [0.4, 0.5) is 5.69 Å². The standard InChI is InChI=1S/C16H20N4O4S.ClH/c17-12-3-1-10-6-19(7-11(10)12)15(21)8-25-14-4-2-9(16(18)22)5-13(14)20(23)24;/h2,4-5,10-12H,1,3,6-8,17H2,(H2,18,22);1H. The Bertz CT molecular complexity index is 732. The molecule has 4 N–H and O–H groups in total. The molecule has 1 heterocycles. The average molecular weight is 401 g/mol. The maximum atomic E-state index is 12.4. The zero-order valence-corrected chi connectivity index (χ0v) is 15.6. The molecule has 3 rings (SSSR count). The lowest BCUT2D eigenvalue weighted by atomic mass is 9.98. The van der Waals surface area contributed by atoms with Crippen molar-refractivity contribution < 1.29 is 14.5 Å². The zero-order valence-electron chi connectivity index (χ0n) is 14.0. The van der Waals surface area contributed by atoms with Gasteiger partial charge in [-0.05, 0) is 36.8 Å². The maximum absolute atomic E-state index is 12.4. The van der Waals surface area contributed by atoms with Crippen LogP contribution in [-0.2, 0) is 4.79 Å². The predicted molar refractivity (Wildman–Crippen MR) is 100 cm³/mol. The first-order valence-electron chi connectivity index (χ1n) is 8.11. The highest BCUT2D eigenvalue weighted by Crippen LogP contribution is 2.38. The number of benzene rings is 1. The van der Waals surface area contributed by atoms with Crippen molar-refractivity contribution in [3.05, 3.63) is 33.9 Å². The van der Waals surface area contributed by atoms with E-state index < -0.39 is 10.8 Å². The lowest BCUT2D eigenvalue weighted by molar-refractivity contribution is -0.387. The Hall–Kier alpha value is -1.84. The van der Waals surface area contributed by atoms with Crippen LogP contribution >= 0.6 is 24.2 Å². The second-order valence-electron chi connectivity index (χ2n) is 6.56. The van der Waals surface area contributed by atoms with Crippen molar-refractivity contribution in [2.75, 3.05) is 18.8 Å². The van der Waals surface area contributed by atoms with Crippen LogP contribution in [0.2, 0.25) is 0 Å². The number of nitro benzene ring substituents is 1. The van der Waals surface area contributed by atoms with Gasteiger partial charge in [-0.3, -0.25) is 19.7 Å². The van der Waals surface area contributed by atoms with Crippen molar-refractivity contribution in [1.82, 2.24) is 4.90 Å². The minimum absolute atomic E-state index is 0. The molecule has 1 aliphatic heterocycles. The summed E-state index contributed by atoms with van der Waals surface area (Å²) in [4.78, 5) is 36.4. The number of primary amides is 1. The van der Waals surface area contributed by atoms with E-state index in [-0.39, 0.29) is 41.4 Å². The quantitative estimate of drug-likeness (QED) is 0.436. The Morgan fingerprint density at radius 2 is 2.04 bits per heavy atom. The van der Waals surface area contributed by atoms with Gasteiger partial charge < -0.3 is 16.4 Å². The second kappa shape index (κ2) is 8.24. The molecule has 142 valence electrons. The number of thioether (sulfide) groups is 1. The molecule has 1 saturated carbocycles. The number of carbonyl (C=O) groups is 2. The van der Waals surface area contributed by atoms with E-state index in [0.29, 0.717) is 23.3 Å². The number of hydrogen-bond acceptors (Lipinski definition) is 6. The molecule has 0 spiro atoms. The number of fused-ring (bicyclic) bond motifs is 1. The maximum Gasteiger partial charge on any atom is 0.283 e. The number of nitrogens with zero attached hydrogens (tertiary/aromatic N) is 2. The summed E-state index contributed by atoms with van der Waals surface area (Å²) >= 11 is 1.10. The normalized spacial score (nSPS) is 24.0. The molecule has 0 radical (unpaired) electrons. The number of halogens is 1. The molecule has 1 aliphatic carbocycles. The molecular weight excluding hydrogens is 380 g/mol. The number of hydrogen-bond donors (Lipinski definition) is 2. The van der Waals surface area contributed by atoms with Crippen LogP contribution in [0.15, 0.2) is 23.1 Å². The first-order chi connectivity index (χ1) is 11.9. The summed E-state index contributed by atoms with van der Waals surface area (Å²) in [7, 11) is 0. The zero-order chi connectivity index (χ0) is 18.1. The number of carbonyl (C=O) groups excluding carboxylic acids is 2. The van der Waals surface area contributed by atoms with E-state index in [1.165, 1.54) is 12.1 Å². The van der Waals surface area contributed by atoms with E-state index >= 15 is 0 Å². The van der Waals surface area contributed by atoms with Gasteiger partial charge in [-0.1, -0.05) is 0 Å². The molecule has 0 aromatic heterocycles. The average Bonchev–Trinajstić information content (AvgIpc) is 3.14. The van der Waals surface area contributed by atoms with Crippen molar-refractivity contribution in [2.45, 2.75) is 23.8 Å². The number of nitrogens with two attached hydrogens (primary N) is 2. The highest BCUT2D eigenvalue weighted by atomic mass is 35.5. The van der Waals surface area contributed by atoms with Crippen molar-refractivity contribution in [2.24, 2.45) is 23.3 Å². The smallest absolute Gasteiger partial charge is 0.283 e. The van der Waals surface area contributed by atoms with Gasteiger partial charge in [-0.15, -0.1) is 24.2 Å². The van der Waals surface area contributed by atoms with E-state index in [1.807, 2.05) is 4.90 Å². The Morgan fingerprint density at radius 3 is 2.65 bits per heavy atom. The Labute approximate surface area is 161 Å². The van der Waals surface area contributed by atoms with E-state index in [2.05, 4.69) is 0 Å². The van der Waals surface area contributed by atoms with Crippen LogP contribution in [0.5, 0.6) is 0 Å². The summed E-state index contributed by atoms with van der Waals surface area (Å²) in [5, 5.41) is 11.2. The molecule has 26 heavy (non-hydrogen) atoms. The van der Waals surface area contributed by atoms with E-state index in [0.717, 1.165) is 37.2 Å². The third-order valence-electron chi connectivity index (χ3n) is 5.06. The van der Waals surface area contributed by atoms with Gasteiger partial charge in [0, 0.05) is 30.8 Å². The van der Waals surface area contributed by atoms with Crippen molar-refractivity contribution in [3.8, 4) is 0 Å². The molecule has 3 unspecified atom stereocenters. The fourth-order valence-corrected chi connectivity index (χ4v) is 4.58. The third kappa shape index (κ3) is 4.11. The SMILES string of the molecule is Cl.NC(=O)c1ccc(SCC(=O)N2CC3CCC(N)C3C2)c([N+](=O)[O-])c1. The minimum atomic E-state index is -0.726. The fourth-order valence-electron chi connectivity index (χ4n) is 3.68. The van der Waals surface area contributed by atoms with Crippen LogP contribution in [0, 0.1) is 22.0 Å². The molecule has 2 fully saturated rings. The van der Waals surface area contributed by atoms with Crippen LogP contribution in [0.1, 0.15) is 23.2 Å². The molecule has 2 amide bonds. The molecule has 2 aliphatic rings. The molecular formula is C16H21ClN4O4S. The van der Waals surface area contributed by atoms with Gasteiger partial charge in [0.05, 0.1) is 15.6 Å². The summed E-state index contributed by atoms with van der Waals surface area (Å²) in [6, 6.07) is 4.21. The van der Waals surface area contributed by atoms with Gasteiger partial charge in [-0.25, -0.2) is 0 Å². The second-order valence-corrected chi connectivity index (χ2v) is 7.57. The van der Waals surface area contributed by atoms with Crippen LogP contribution < -0.4 is 11.5 Å². The first kappa shape index (κ1) is 20.5. The number of rotatable bonds is 5. The Balaban J connectivity index is 0.00000243. The van der Waals surface area contributed by atoms with E-state index in [4.69, 9.17) is 11.5 Å². The Morgan fingerprint density at radius 1 is 1.31 bits per heavy atom. The van der Waals surface area contributed by atoms with Gasteiger partial charge in [0.1, 0.15) is 0 Å². The molecule has 1 aromatic rings. The molecule has 10 heteroatoms. The lowest BCUT2D eigenvalue weighted by Gasteiger charge is -2.18. The van der Waals surface area contributed by atoms with E-state index in [9.17, 15) is 19.7 Å². The number of likely N-dealkylation sites (tertiary alicyclic amines) is 1. The summed E-state index contributed by atoms with van der Waals surface area (Å²) in [6.45, 7) is 1.40. The molecule has 1 aromatic carbocycles. The minimum Gasteiger partial charge on any atom is -0.366 e. The summed E-state index contributed by atoms with van der Waals surface area (Å²) in [5.41, 5.74) is 11.1. The molecule has 1 saturated heterocycles. The van der Waals surface area contributed by atoms with Gasteiger partial charge in [0.2, 0.25) is 11.8 Å². The molecule has 0 bridgehead atoms. The predicted octanol–water partition coefficient (Wildman–Crippen LogP) is 1.40. The van der Waals surface area contributed by atoms with Gasteiger partial charge in [-0.2, -0.15) is 0 Å². The topological polar surface area (TPSA) is 133 Å². The van der Waals surface area contributed by atoms with Crippen molar-refractivity contribution in [1.29, 1.82) is 0 Å². The Kier molecular flexibility index (Phi) is 6.48. The van der Waals surface area contributed by atoms with Crippen molar-refractivity contribution >= 4 is 41.7 Å². The summed E-state index contributed by atoms with van der Waals surface area (Å²) < 4.78 is 0. The third-order valence-corrected chi connectivity index (χ3v) is 6.10. The first-order valence-corrected chi connectivity index (χ1v) is 9.09. The molecule has 3 atom stereocenters. The van der Waals surface area contributed by atoms with Crippen LogP contribution in [0.25, 0.3) is 0 Å². The van der Waals surface area contributed by atoms with E-state index in [1.54, 1.807) is 0 Å². The summed E-state index contributed by atoms with van der Waals surface area (Å²) in [5.74, 6) is 0.202. The highest BCUT2D eigenvalue weighted by Gasteiger charge is 2.42. The number of amides is 2. The van der Waals surface area contributed by atoms with Gasteiger partial charge >= 0.3 is 0 Å². The molecule has 8 nitrogen and oxygen atoms in total. The van der Waals surface area contributed by atoms with Crippen LogP contribution in [-0.4, -0.2) is 46.5 Å².